The van der Waals surface area contributed by atoms with Gasteiger partial charge in [0.15, 0.2) is 0 Å². The molecule has 3 nitrogen and oxygen atoms in total. The molecule has 0 saturated carbocycles. The molecule has 1 atom stereocenters. The van der Waals surface area contributed by atoms with Gasteiger partial charge in [-0.15, -0.1) is 11.6 Å². The van der Waals surface area contributed by atoms with Gasteiger partial charge in [-0.1, -0.05) is 30.3 Å². The second-order valence-corrected chi connectivity index (χ2v) is 5.32. The van der Waals surface area contributed by atoms with Crippen molar-refractivity contribution in [2.75, 3.05) is 13.2 Å². The molecule has 98 valence electrons. The second kappa shape index (κ2) is 5.72. The van der Waals surface area contributed by atoms with Crippen LogP contribution in [-0.2, 0) is 15.1 Å². The van der Waals surface area contributed by atoms with Crippen LogP contribution < -0.4 is 5.32 Å². The third-order valence-corrected chi connectivity index (χ3v) is 3.59. The van der Waals surface area contributed by atoms with Gasteiger partial charge >= 0.3 is 0 Å². The molecule has 0 aromatic heterocycles. The van der Waals surface area contributed by atoms with Crippen LogP contribution in [0.2, 0.25) is 0 Å². The van der Waals surface area contributed by atoms with E-state index in [9.17, 15) is 4.79 Å². The molecule has 0 spiro atoms. The van der Waals surface area contributed by atoms with E-state index in [2.05, 4.69) is 5.32 Å². The number of amides is 1. The summed E-state index contributed by atoms with van der Waals surface area (Å²) in [6, 6.07) is 10.0. The number of benzene rings is 1. The number of carbonyl (C=O) groups excluding carboxylic acids is 1. The Morgan fingerprint density at radius 3 is 2.50 bits per heavy atom. The van der Waals surface area contributed by atoms with Gasteiger partial charge in [0.1, 0.15) is 5.38 Å². The normalized spacial score (nSPS) is 20.1. The molecular weight excluding hydrogens is 250 g/mol. The maximum Gasteiger partial charge on any atom is 0.238 e. The number of hydrogen-bond donors (Lipinski definition) is 1. The third kappa shape index (κ3) is 2.85. The van der Waals surface area contributed by atoms with Crippen molar-refractivity contribution in [2.45, 2.75) is 30.7 Å². The molecule has 1 aliphatic rings. The van der Waals surface area contributed by atoms with Crippen molar-refractivity contribution in [1.29, 1.82) is 0 Å². The summed E-state index contributed by atoms with van der Waals surface area (Å²) >= 11 is 5.85. The van der Waals surface area contributed by atoms with E-state index in [1.807, 2.05) is 30.3 Å². The van der Waals surface area contributed by atoms with Crippen LogP contribution in [0.5, 0.6) is 0 Å². The van der Waals surface area contributed by atoms with Gasteiger partial charge in [-0.25, -0.2) is 0 Å². The Balaban J connectivity index is 2.26. The van der Waals surface area contributed by atoms with Crippen molar-refractivity contribution in [3.63, 3.8) is 0 Å². The van der Waals surface area contributed by atoms with Crippen molar-refractivity contribution >= 4 is 17.5 Å². The largest absolute Gasteiger partial charge is 0.381 e. The van der Waals surface area contributed by atoms with Gasteiger partial charge in [-0.05, 0) is 25.3 Å². The first-order valence-corrected chi connectivity index (χ1v) is 6.67. The lowest BCUT2D eigenvalue weighted by Crippen LogP contribution is -2.51. The number of nitrogens with one attached hydrogen (secondary N) is 1. The zero-order chi connectivity index (χ0) is 13.0. The van der Waals surface area contributed by atoms with E-state index in [1.54, 1.807) is 6.92 Å². The van der Waals surface area contributed by atoms with Crippen molar-refractivity contribution in [1.82, 2.24) is 5.32 Å². The fourth-order valence-electron chi connectivity index (χ4n) is 2.30. The highest BCUT2D eigenvalue weighted by Crippen LogP contribution is 2.32. The van der Waals surface area contributed by atoms with Crippen LogP contribution in [0, 0.1) is 0 Å². The molecule has 2 rings (SSSR count). The molecule has 1 unspecified atom stereocenters. The Hall–Kier alpha value is -1.06. The van der Waals surface area contributed by atoms with Gasteiger partial charge in [0, 0.05) is 13.2 Å². The molecule has 1 saturated heterocycles. The lowest BCUT2D eigenvalue weighted by atomic mass is 9.82. The van der Waals surface area contributed by atoms with Crippen LogP contribution in [0.1, 0.15) is 25.3 Å². The van der Waals surface area contributed by atoms with Crippen LogP contribution in [0.3, 0.4) is 0 Å². The summed E-state index contributed by atoms with van der Waals surface area (Å²) in [5.41, 5.74) is 0.790. The first kappa shape index (κ1) is 13.4. The summed E-state index contributed by atoms with van der Waals surface area (Å²) in [5.74, 6) is -0.123. The molecule has 1 heterocycles. The first-order chi connectivity index (χ1) is 8.64. The molecule has 1 aromatic rings. The number of hydrogen-bond acceptors (Lipinski definition) is 2. The minimum Gasteiger partial charge on any atom is -0.381 e. The fourth-order valence-corrected chi connectivity index (χ4v) is 2.35. The molecule has 1 N–H and O–H groups in total. The number of alkyl halides is 1. The van der Waals surface area contributed by atoms with Crippen LogP contribution >= 0.6 is 11.6 Å². The molecule has 1 fully saturated rings. The predicted octanol–water partition coefficient (Wildman–Crippen LogP) is 2.44. The average molecular weight is 268 g/mol. The molecule has 18 heavy (non-hydrogen) atoms. The van der Waals surface area contributed by atoms with Gasteiger partial charge in [0.05, 0.1) is 5.54 Å². The summed E-state index contributed by atoms with van der Waals surface area (Å²) in [7, 11) is 0. The van der Waals surface area contributed by atoms with E-state index in [4.69, 9.17) is 16.3 Å². The highest BCUT2D eigenvalue weighted by Gasteiger charge is 2.36. The van der Waals surface area contributed by atoms with Crippen LogP contribution in [0.25, 0.3) is 0 Å². The van der Waals surface area contributed by atoms with E-state index in [0.29, 0.717) is 13.2 Å². The third-order valence-electron chi connectivity index (χ3n) is 3.40. The van der Waals surface area contributed by atoms with E-state index in [0.717, 1.165) is 18.4 Å². The Kier molecular flexibility index (Phi) is 4.25. The van der Waals surface area contributed by atoms with Gasteiger partial charge in [-0.3, -0.25) is 4.79 Å². The molecule has 1 aliphatic heterocycles. The number of carbonyl (C=O) groups is 1. The zero-order valence-electron chi connectivity index (χ0n) is 10.5. The fraction of sp³-hybridized carbons (Fsp3) is 0.500. The van der Waals surface area contributed by atoms with Crippen molar-refractivity contribution in [3.8, 4) is 0 Å². The highest BCUT2D eigenvalue weighted by atomic mass is 35.5. The Labute approximate surface area is 112 Å². The van der Waals surface area contributed by atoms with Gasteiger partial charge in [0.25, 0.3) is 0 Å². The Morgan fingerprint density at radius 2 is 1.94 bits per heavy atom. The first-order valence-electron chi connectivity index (χ1n) is 6.23. The second-order valence-electron chi connectivity index (χ2n) is 4.67. The van der Waals surface area contributed by atoms with E-state index < -0.39 is 5.38 Å². The Morgan fingerprint density at radius 1 is 1.33 bits per heavy atom. The monoisotopic (exact) mass is 267 g/mol. The number of rotatable bonds is 3. The molecular formula is C14H18ClNO2. The van der Waals surface area contributed by atoms with E-state index in [1.165, 1.54) is 0 Å². The molecule has 1 aromatic carbocycles. The SMILES string of the molecule is CC(Cl)C(=O)NC1(c2ccccc2)CCOCC1. The summed E-state index contributed by atoms with van der Waals surface area (Å²) < 4.78 is 5.40. The van der Waals surface area contributed by atoms with Gasteiger partial charge in [0.2, 0.25) is 5.91 Å². The summed E-state index contributed by atoms with van der Waals surface area (Å²) in [4.78, 5) is 11.9. The topological polar surface area (TPSA) is 38.3 Å². The Bertz CT molecular complexity index is 400. The number of ether oxygens (including phenoxy) is 1. The molecule has 0 radical (unpaired) electrons. The van der Waals surface area contributed by atoms with Gasteiger partial charge < -0.3 is 10.1 Å². The summed E-state index contributed by atoms with van der Waals surface area (Å²) in [5, 5.41) is 2.58. The smallest absolute Gasteiger partial charge is 0.238 e. The van der Waals surface area contributed by atoms with Crippen LogP contribution in [-0.4, -0.2) is 24.5 Å². The average Bonchev–Trinajstić information content (AvgIpc) is 2.40. The van der Waals surface area contributed by atoms with Crippen molar-refractivity contribution < 1.29 is 9.53 Å². The number of halogens is 1. The lowest BCUT2D eigenvalue weighted by molar-refractivity contribution is -0.123. The standard InChI is InChI=1S/C14H18ClNO2/c1-11(15)13(17)16-14(7-9-18-10-8-14)12-5-3-2-4-6-12/h2-6,11H,7-10H2,1H3,(H,16,17). The minimum atomic E-state index is -0.520. The van der Waals surface area contributed by atoms with Gasteiger partial charge in [-0.2, -0.15) is 0 Å². The quantitative estimate of drug-likeness (QED) is 0.855. The highest BCUT2D eigenvalue weighted by molar-refractivity contribution is 6.30. The zero-order valence-corrected chi connectivity index (χ0v) is 11.2. The van der Waals surface area contributed by atoms with Crippen molar-refractivity contribution in [2.24, 2.45) is 0 Å². The molecule has 4 heteroatoms. The van der Waals surface area contributed by atoms with Crippen molar-refractivity contribution in [3.05, 3.63) is 35.9 Å². The molecule has 0 aliphatic carbocycles. The summed E-state index contributed by atoms with van der Waals surface area (Å²) in [6.07, 6.45) is 1.57. The minimum absolute atomic E-state index is 0.123. The molecule has 0 bridgehead atoms. The maximum absolute atomic E-state index is 11.9. The maximum atomic E-state index is 11.9. The van der Waals surface area contributed by atoms with Crippen LogP contribution in [0.15, 0.2) is 30.3 Å². The van der Waals surface area contributed by atoms with Crippen LogP contribution in [0.4, 0.5) is 0 Å². The summed E-state index contributed by atoms with van der Waals surface area (Å²) in [6.45, 7) is 3.01. The lowest BCUT2D eigenvalue weighted by Gasteiger charge is -2.38. The van der Waals surface area contributed by atoms with E-state index >= 15 is 0 Å². The predicted molar refractivity (Wildman–Crippen MR) is 71.6 cm³/mol. The molecule has 1 amide bonds. The van der Waals surface area contributed by atoms with E-state index in [-0.39, 0.29) is 11.4 Å².